The Labute approximate surface area is 122 Å². The Hall–Kier alpha value is -0.610. The molecule has 2 heterocycles. The van der Waals surface area contributed by atoms with Gasteiger partial charge in [0.1, 0.15) is 0 Å². The minimum atomic E-state index is -0.666. The number of likely N-dealkylation sites (tertiary alicyclic amines) is 1. The molecule has 0 aromatic heterocycles. The number of hydrogen-bond donors (Lipinski definition) is 1. The van der Waals surface area contributed by atoms with Gasteiger partial charge in [-0.2, -0.15) is 0 Å². The van der Waals surface area contributed by atoms with Gasteiger partial charge >= 0.3 is 5.97 Å². The number of carbonyl (C=O) groups is 1. The lowest BCUT2D eigenvalue weighted by molar-refractivity contribution is -0.138. The number of carboxylic acid groups (broad SMARTS) is 1. The van der Waals surface area contributed by atoms with Crippen LogP contribution in [0.4, 0.5) is 0 Å². The maximum atomic E-state index is 10.8. The molecule has 3 unspecified atom stereocenters. The molecule has 0 spiro atoms. The summed E-state index contributed by atoms with van der Waals surface area (Å²) >= 11 is 0. The fourth-order valence-corrected chi connectivity index (χ4v) is 3.73. The minimum absolute atomic E-state index is 0.0116. The normalized spacial score (nSPS) is 35.9. The number of rotatable bonds is 5. The highest BCUT2D eigenvalue weighted by Crippen LogP contribution is 2.34. The van der Waals surface area contributed by atoms with Gasteiger partial charge in [-0.1, -0.05) is 13.3 Å². The maximum absolute atomic E-state index is 10.8. The molecule has 0 amide bonds. The zero-order valence-corrected chi connectivity index (χ0v) is 12.9. The summed E-state index contributed by atoms with van der Waals surface area (Å²) in [6.07, 6.45) is 8.00. The van der Waals surface area contributed by atoms with Crippen LogP contribution in [-0.2, 0) is 9.53 Å². The van der Waals surface area contributed by atoms with E-state index in [-0.39, 0.29) is 5.60 Å². The highest BCUT2D eigenvalue weighted by molar-refractivity contribution is 5.66. The molecule has 0 aromatic carbocycles. The molecule has 4 heteroatoms. The van der Waals surface area contributed by atoms with Gasteiger partial charge in [-0.15, -0.1) is 0 Å². The van der Waals surface area contributed by atoms with Crippen molar-refractivity contribution < 1.29 is 14.6 Å². The molecule has 2 aliphatic rings. The van der Waals surface area contributed by atoms with Gasteiger partial charge < -0.3 is 9.84 Å². The topological polar surface area (TPSA) is 49.8 Å². The molecule has 1 N–H and O–H groups in total. The van der Waals surface area contributed by atoms with Crippen molar-refractivity contribution in [1.29, 1.82) is 0 Å². The van der Waals surface area contributed by atoms with E-state index in [9.17, 15) is 4.79 Å². The first-order chi connectivity index (χ1) is 9.54. The molecular weight excluding hydrogens is 254 g/mol. The third-order valence-corrected chi connectivity index (χ3v) is 5.15. The first-order valence-electron chi connectivity index (χ1n) is 8.15. The Morgan fingerprint density at radius 3 is 2.90 bits per heavy atom. The quantitative estimate of drug-likeness (QED) is 0.842. The van der Waals surface area contributed by atoms with Gasteiger partial charge in [0.25, 0.3) is 0 Å². The standard InChI is InChI=1S/C16H29NO3/c1-3-16(2)12-14(9-11-20-16)17-10-5-4-6-13(17)7-8-15(18)19/h13-14H,3-12H2,1-2H3,(H,18,19). The van der Waals surface area contributed by atoms with E-state index in [0.29, 0.717) is 18.5 Å². The molecule has 0 aromatic rings. The van der Waals surface area contributed by atoms with Crippen LogP contribution in [0.15, 0.2) is 0 Å². The average Bonchev–Trinajstić information content (AvgIpc) is 2.45. The Morgan fingerprint density at radius 1 is 1.40 bits per heavy atom. The van der Waals surface area contributed by atoms with Gasteiger partial charge in [-0.3, -0.25) is 9.69 Å². The van der Waals surface area contributed by atoms with Crippen LogP contribution in [0.25, 0.3) is 0 Å². The predicted octanol–water partition coefficient (Wildman–Crippen LogP) is 3.05. The van der Waals surface area contributed by atoms with Crippen LogP contribution < -0.4 is 0 Å². The Kier molecular flexibility index (Phi) is 5.44. The summed E-state index contributed by atoms with van der Waals surface area (Å²) < 4.78 is 5.95. The van der Waals surface area contributed by atoms with Crippen molar-refractivity contribution in [1.82, 2.24) is 4.90 Å². The first kappa shape index (κ1) is 15.8. The summed E-state index contributed by atoms with van der Waals surface area (Å²) in [5.41, 5.74) is 0.0116. The largest absolute Gasteiger partial charge is 0.481 e. The molecule has 0 saturated carbocycles. The average molecular weight is 283 g/mol. The molecule has 20 heavy (non-hydrogen) atoms. The van der Waals surface area contributed by atoms with Crippen LogP contribution in [0.2, 0.25) is 0 Å². The van der Waals surface area contributed by atoms with Crippen LogP contribution in [0.1, 0.15) is 65.2 Å². The molecular formula is C16H29NO3. The molecule has 4 nitrogen and oxygen atoms in total. The van der Waals surface area contributed by atoms with E-state index in [1.54, 1.807) is 0 Å². The van der Waals surface area contributed by atoms with Gasteiger partial charge in [0.05, 0.1) is 5.60 Å². The van der Waals surface area contributed by atoms with Gasteiger partial charge in [0.2, 0.25) is 0 Å². The second-order valence-electron chi connectivity index (χ2n) is 6.62. The van der Waals surface area contributed by atoms with Gasteiger partial charge in [-0.25, -0.2) is 0 Å². The number of ether oxygens (including phenoxy) is 1. The van der Waals surface area contributed by atoms with Crippen molar-refractivity contribution in [2.45, 2.75) is 82.9 Å². The van der Waals surface area contributed by atoms with E-state index in [1.165, 1.54) is 12.8 Å². The van der Waals surface area contributed by atoms with Crippen molar-refractivity contribution in [2.24, 2.45) is 0 Å². The number of hydrogen-bond acceptors (Lipinski definition) is 3. The molecule has 2 saturated heterocycles. The lowest BCUT2D eigenvalue weighted by Crippen LogP contribution is -2.52. The third kappa shape index (κ3) is 3.95. The summed E-state index contributed by atoms with van der Waals surface area (Å²) in [6.45, 7) is 6.39. The molecule has 116 valence electrons. The summed E-state index contributed by atoms with van der Waals surface area (Å²) in [6, 6.07) is 1.04. The summed E-state index contributed by atoms with van der Waals surface area (Å²) in [5.74, 6) is -0.666. The summed E-state index contributed by atoms with van der Waals surface area (Å²) in [4.78, 5) is 13.4. The Bertz CT molecular complexity index is 334. The predicted molar refractivity (Wildman–Crippen MR) is 78.9 cm³/mol. The highest BCUT2D eigenvalue weighted by atomic mass is 16.5. The van der Waals surface area contributed by atoms with E-state index in [0.717, 1.165) is 45.3 Å². The van der Waals surface area contributed by atoms with Crippen LogP contribution in [0, 0.1) is 0 Å². The smallest absolute Gasteiger partial charge is 0.303 e. The SMILES string of the molecule is CCC1(C)CC(N2CCCCC2CCC(=O)O)CCO1. The first-order valence-corrected chi connectivity index (χ1v) is 8.15. The molecule has 2 aliphatic heterocycles. The van der Waals surface area contributed by atoms with Crippen LogP contribution in [0.3, 0.4) is 0 Å². The molecule has 2 fully saturated rings. The lowest BCUT2D eigenvalue weighted by Gasteiger charge is -2.47. The van der Waals surface area contributed by atoms with E-state index >= 15 is 0 Å². The van der Waals surface area contributed by atoms with Gasteiger partial charge in [0, 0.05) is 25.1 Å². The second-order valence-corrected chi connectivity index (χ2v) is 6.62. The zero-order valence-electron chi connectivity index (χ0n) is 12.9. The Balaban J connectivity index is 1.98. The summed E-state index contributed by atoms with van der Waals surface area (Å²) in [7, 11) is 0. The van der Waals surface area contributed by atoms with E-state index in [2.05, 4.69) is 18.7 Å². The minimum Gasteiger partial charge on any atom is -0.481 e. The van der Waals surface area contributed by atoms with E-state index in [4.69, 9.17) is 9.84 Å². The number of aliphatic carboxylic acids is 1. The van der Waals surface area contributed by atoms with Crippen LogP contribution in [-0.4, -0.2) is 46.8 Å². The third-order valence-electron chi connectivity index (χ3n) is 5.15. The highest BCUT2D eigenvalue weighted by Gasteiger charge is 2.37. The molecule has 0 radical (unpaired) electrons. The van der Waals surface area contributed by atoms with Crippen LogP contribution >= 0.6 is 0 Å². The van der Waals surface area contributed by atoms with Crippen molar-refractivity contribution in [2.75, 3.05) is 13.2 Å². The van der Waals surface area contributed by atoms with E-state index < -0.39 is 5.97 Å². The number of piperidine rings is 1. The van der Waals surface area contributed by atoms with Crippen molar-refractivity contribution in [3.8, 4) is 0 Å². The zero-order chi connectivity index (χ0) is 14.6. The Morgan fingerprint density at radius 2 is 2.20 bits per heavy atom. The van der Waals surface area contributed by atoms with Crippen molar-refractivity contribution in [3.63, 3.8) is 0 Å². The van der Waals surface area contributed by atoms with E-state index in [1.807, 2.05) is 0 Å². The van der Waals surface area contributed by atoms with Crippen molar-refractivity contribution in [3.05, 3.63) is 0 Å². The molecule has 2 rings (SSSR count). The van der Waals surface area contributed by atoms with Gasteiger partial charge in [-0.05, 0) is 52.0 Å². The van der Waals surface area contributed by atoms with Crippen LogP contribution in [0.5, 0.6) is 0 Å². The van der Waals surface area contributed by atoms with Gasteiger partial charge in [0.15, 0.2) is 0 Å². The maximum Gasteiger partial charge on any atom is 0.303 e. The molecule has 3 atom stereocenters. The fourth-order valence-electron chi connectivity index (χ4n) is 3.73. The molecule has 0 aliphatic carbocycles. The van der Waals surface area contributed by atoms with Crippen molar-refractivity contribution >= 4 is 5.97 Å². The fraction of sp³-hybridized carbons (Fsp3) is 0.938. The second kappa shape index (κ2) is 6.90. The molecule has 0 bridgehead atoms. The lowest BCUT2D eigenvalue weighted by atomic mass is 9.86. The number of carboxylic acids is 1. The monoisotopic (exact) mass is 283 g/mol. The summed E-state index contributed by atoms with van der Waals surface area (Å²) in [5, 5.41) is 8.92. The number of nitrogens with zero attached hydrogens (tertiary/aromatic N) is 1.